The molecule has 82 valence electrons. The van der Waals surface area contributed by atoms with Crippen molar-refractivity contribution in [3.8, 4) is 0 Å². The van der Waals surface area contributed by atoms with Gasteiger partial charge in [0.15, 0.2) is 5.82 Å². The zero-order valence-corrected chi connectivity index (χ0v) is 9.34. The van der Waals surface area contributed by atoms with Gasteiger partial charge in [0.2, 0.25) is 0 Å². The maximum absolute atomic E-state index is 5.32. The molecule has 0 amide bonds. The third-order valence-corrected chi connectivity index (χ3v) is 2.62. The molecule has 1 aliphatic heterocycles. The summed E-state index contributed by atoms with van der Waals surface area (Å²) < 4.78 is 5.32. The highest BCUT2D eigenvalue weighted by atomic mass is 16.5. The number of ether oxygens (including phenoxy) is 1. The first-order valence-corrected chi connectivity index (χ1v) is 5.45. The number of aryl methyl sites for hydroxylation is 1. The normalized spacial score (nSPS) is 15.1. The summed E-state index contributed by atoms with van der Waals surface area (Å²) in [5.74, 6) is 0.815. The molecule has 1 aromatic rings. The summed E-state index contributed by atoms with van der Waals surface area (Å²) in [4.78, 5) is 8.98. The third-order valence-electron chi connectivity index (χ3n) is 2.62. The number of hydrogen-bond donors (Lipinski definition) is 1. The lowest BCUT2D eigenvalue weighted by Gasteiger charge is -2.18. The van der Waals surface area contributed by atoms with E-state index in [0.717, 1.165) is 31.0 Å². The van der Waals surface area contributed by atoms with Gasteiger partial charge in [-0.3, -0.25) is 0 Å². The van der Waals surface area contributed by atoms with E-state index >= 15 is 0 Å². The molecule has 0 aromatic carbocycles. The second kappa shape index (κ2) is 4.68. The number of aromatic nitrogens is 2. The number of hydrogen-bond acceptors (Lipinski definition) is 4. The largest absolute Gasteiger partial charge is 0.374 e. The van der Waals surface area contributed by atoms with Crippen molar-refractivity contribution in [2.75, 3.05) is 13.2 Å². The Morgan fingerprint density at radius 1 is 1.40 bits per heavy atom. The van der Waals surface area contributed by atoms with Gasteiger partial charge in [-0.15, -0.1) is 0 Å². The summed E-state index contributed by atoms with van der Waals surface area (Å²) >= 11 is 0. The Bertz CT molecular complexity index is 352. The van der Waals surface area contributed by atoms with Crippen LogP contribution in [-0.4, -0.2) is 23.1 Å². The number of fused-ring (bicyclic) bond motifs is 1. The van der Waals surface area contributed by atoms with E-state index in [4.69, 9.17) is 4.74 Å². The predicted octanol–water partition coefficient (Wildman–Crippen LogP) is 0.967. The van der Waals surface area contributed by atoms with Crippen molar-refractivity contribution in [2.45, 2.75) is 33.4 Å². The number of rotatable bonds is 3. The quantitative estimate of drug-likeness (QED) is 0.802. The van der Waals surface area contributed by atoms with E-state index in [2.05, 4.69) is 15.3 Å². The average Bonchev–Trinajstić information content (AvgIpc) is 2.26. The van der Waals surface area contributed by atoms with Crippen molar-refractivity contribution in [3.63, 3.8) is 0 Å². The number of nitrogens with zero attached hydrogens (tertiary/aromatic N) is 2. The molecule has 0 fully saturated rings. The van der Waals surface area contributed by atoms with Crippen molar-refractivity contribution in [2.24, 2.45) is 0 Å². The maximum Gasteiger partial charge on any atom is 0.154 e. The third kappa shape index (κ3) is 2.33. The first-order chi connectivity index (χ1) is 7.31. The maximum atomic E-state index is 5.32. The highest BCUT2D eigenvalue weighted by molar-refractivity contribution is 5.27. The molecule has 0 spiro atoms. The van der Waals surface area contributed by atoms with Crippen LogP contribution in [0, 0.1) is 6.92 Å². The van der Waals surface area contributed by atoms with Gasteiger partial charge in [0.1, 0.15) is 6.61 Å². The van der Waals surface area contributed by atoms with Crippen molar-refractivity contribution in [1.29, 1.82) is 0 Å². The molecule has 0 saturated heterocycles. The van der Waals surface area contributed by atoms with Gasteiger partial charge in [-0.2, -0.15) is 0 Å². The molecule has 0 aliphatic carbocycles. The zero-order chi connectivity index (χ0) is 10.7. The Morgan fingerprint density at radius 2 is 2.27 bits per heavy atom. The Hall–Kier alpha value is -1.00. The van der Waals surface area contributed by atoms with Gasteiger partial charge in [0.05, 0.1) is 5.69 Å². The minimum absolute atomic E-state index is 0.526. The van der Waals surface area contributed by atoms with Gasteiger partial charge in [0, 0.05) is 37.4 Å². The minimum Gasteiger partial charge on any atom is -0.374 e. The van der Waals surface area contributed by atoms with Crippen LogP contribution in [0.2, 0.25) is 0 Å². The standard InChI is InChI=1S/C11H17N3O/c1-3-15-7-11-13-8(2)9-6-12-5-4-10(9)14-11/h12H,3-7H2,1-2H3. The van der Waals surface area contributed by atoms with Crippen LogP contribution in [-0.2, 0) is 24.3 Å². The van der Waals surface area contributed by atoms with Crippen molar-refractivity contribution in [3.05, 3.63) is 22.8 Å². The van der Waals surface area contributed by atoms with Gasteiger partial charge in [-0.05, 0) is 13.8 Å². The summed E-state index contributed by atoms with van der Waals surface area (Å²) in [6.45, 7) is 7.17. The van der Waals surface area contributed by atoms with E-state index in [1.165, 1.54) is 11.3 Å². The van der Waals surface area contributed by atoms with Crippen LogP contribution in [0.25, 0.3) is 0 Å². The second-order valence-corrected chi connectivity index (χ2v) is 3.71. The fourth-order valence-corrected chi connectivity index (χ4v) is 1.83. The SMILES string of the molecule is CCOCc1nc(C)c2c(n1)CCNC2. The van der Waals surface area contributed by atoms with Crippen molar-refractivity contribution in [1.82, 2.24) is 15.3 Å². The van der Waals surface area contributed by atoms with Crippen LogP contribution in [0.5, 0.6) is 0 Å². The molecule has 1 aliphatic rings. The van der Waals surface area contributed by atoms with Crippen LogP contribution in [0.4, 0.5) is 0 Å². The molecule has 0 radical (unpaired) electrons. The smallest absolute Gasteiger partial charge is 0.154 e. The molecule has 1 aromatic heterocycles. The molecule has 1 N–H and O–H groups in total. The molecule has 4 nitrogen and oxygen atoms in total. The summed E-state index contributed by atoms with van der Waals surface area (Å²) in [5.41, 5.74) is 3.54. The van der Waals surface area contributed by atoms with E-state index in [9.17, 15) is 0 Å². The summed E-state index contributed by atoms with van der Waals surface area (Å²) in [5, 5.41) is 3.33. The van der Waals surface area contributed by atoms with Gasteiger partial charge < -0.3 is 10.1 Å². The lowest BCUT2D eigenvalue weighted by molar-refractivity contribution is 0.128. The van der Waals surface area contributed by atoms with Crippen LogP contribution < -0.4 is 5.32 Å². The van der Waals surface area contributed by atoms with E-state index in [1.54, 1.807) is 0 Å². The molecule has 0 unspecified atom stereocenters. The van der Waals surface area contributed by atoms with Crippen LogP contribution in [0.3, 0.4) is 0 Å². The van der Waals surface area contributed by atoms with E-state index in [0.29, 0.717) is 13.2 Å². The number of nitrogens with one attached hydrogen (secondary N) is 1. The highest BCUT2D eigenvalue weighted by Crippen LogP contribution is 2.14. The Morgan fingerprint density at radius 3 is 3.07 bits per heavy atom. The molecule has 15 heavy (non-hydrogen) atoms. The summed E-state index contributed by atoms with van der Waals surface area (Å²) in [6.07, 6.45) is 0.998. The van der Waals surface area contributed by atoms with E-state index in [1.807, 2.05) is 13.8 Å². The van der Waals surface area contributed by atoms with Gasteiger partial charge >= 0.3 is 0 Å². The van der Waals surface area contributed by atoms with E-state index < -0.39 is 0 Å². The summed E-state index contributed by atoms with van der Waals surface area (Å²) in [6, 6.07) is 0. The predicted molar refractivity (Wildman–Crippen MR) is 57.5 cm³/mol. The minimum atomic E-state index is 0.526. The fraction of sp³-hybridized carbons (Fsp3) is 0.636. The molecular weight excluding hydrogens is 190 g/mol. The molecule has 0 bridgehead atoms. The molecule has 2 heterocycles. The summed E-state index contributed by atoms with van der Waals surface area (Å²) in [7, 11) is 0. The fourth-order valence-electron chi connectivity index (χ4n) is 1.83. The molecule has 2 rings (SSSR count). The highest BCUT2D eigenvalue weighted by Gasteiger charge is 2.14. The monoisotopic (exact) mass is 207 g/mol. The Balaban J connectivity index is 2.24. The van der Waals surface area contributed by atoms with Crippen LogP contribution >= 0.6 is 0 Å². The first-order valence-electron chi connectivity index (χ1n) is 5.45. The van der Waals surface area contributed by atoms with Gasteiger partial charge in [-0.1, -0.05) is 0 Å². The van der Waals surface area contributed by atoms with Crippen LogP contribution in [0.1, 0.15) is 29.7 Å². The second-order valence-electron chi connectivity index (χ2n) is 3.71. The van der Waals surface area contributed by atoms with E-state index in [-0.39, 0.29) is 0 Å². The first kappa shape index (κ1) is 10.5. The Labute approximate surface area is 90.1 Å². The average molecular weight is 207 g/mol. The molecular formula is C11H17N3O. The topological polar surface area (TPSA) is 47.0 Å². The molecule has 0 atom stereocenters. The van der Waals surface area contributed by atoms with Gasteiger partial charge in [-0.25, -0.2) is 9.97 Å². The van der Waals surface area contributed by atoms with Crippen molar-refractivity contribution >= 4 is 0 Å². The van der Waals surface area contributed by atoms with Gasteiger partial charge in [0.25, 0.3) is 0 Å². The van der Waals surface area contributed by atoms with Crippen molar-refractivity contribution < 1.29 is 4.74 Å². The molecule has 4 heteroatoms. The molecule has 0 saturated carbocycles. The lowest BCUT2D eigenvalue weighted by atomic mass is 10.1. The van der Waals surface area contributed by atoms with Crippen LogP contribution in [0.15, 0.2) is 0 Å². The lowest BCUT2D eigenvalue weighted by Crippen LogP contribution is -2.26. The zero-order valence-electron chi connectivity index (χ0n) is 9.34. The Kier molecular flexibility index (Phi) is 3.28.